The van der Waals surface area contributed by atoms with Gasteiger partial charge in [-0.25, -0.2) is 9.78 Å². The van der Waals surface area contributed by atoms with E-state index in [0.29, 0.717) is 5.13 Å². The quantitative estimate of drug-likeness (QED) is 0.821. The minimum atomic E-state index is -0.528. The molecule has 2 rings (SSSR count). The van der Waals surface area contributed by atoms with Crippen molar-refractivity contribution in [2.45, 2.75) is 46.8 Å². The molecule has 124 valence electrons. The van der Waals surface area contributed by atoms with Gasteiger partial charge in [0, 0.05) is 28.9 Å². The summed E-state index contributed by atoms with van der Waals surface area (Å²) in [6.45, 7) is 14.2. The summed E-state index contributed by atoms with van der Waals surface area (Å²) in [5, 5.41) is 5.15. The predicted molar refractivity (Wildman–Crippen MR) is 95.1 cm³/mol. The molecule has 1 amide bonds. The fourth-order valence-electron chi connectivity index (χ4n) is 2.32. The second-order valence-electron chi connectivity index (χ2n) is 6.35. The van der Waals surface area contributed by atoms with E-state index in [1.54, 1.807) is 0 Å². The van der Waals surface area contributed by atoms with Gasteiger partial charge in [-0.15, -0.1) is 17.9 Å². The van der Waals surface area contributed by atoms with E-state index in [4.69, 9.17) is 4.74 Å². The zero-order chi connectivity index (χ0) is 17.2. The molecule has 0 bridgehead atoms. The molecule has 2 heterocycles. The van der Waals surface area contributed by atoms with Crippen LogP contribution in [0.1, 0.15) is 32.2 Å². The van der Waals surface area contributed by atoms with Gasteiger partial charge in [-0.3, -0.25) is 5.32 Å². The molecule has 0 aliphatic heterocycles. The first-order valence-electron chi connectivity index (χ1n) is 7.45. The molecule has 0 saturated carbocycles. The highest BCUT2D eigenvalue weighted by atomic mass is 32.1. The maximum absolute atomic E-state index is 11.8. The molecule has 2 aromatic rings. The highest BCUT2D eigenvalue weighted by molar-refractivity contribution is 7.14. The summed E-state index contributed by atoms with van der Waals surface area (Å²) in [5.74, 6) is 0. The Kier molecular flexibility index (Phi) is 4.94. The summed E-state index contributed by atoms with van der Waals surface area (Å²) in [4.78, 5) is 16.3. The molecule has 6 heteroatoms. The van der Waals surface area contributed by atoms with Gasteiger partial charge in [0.15, 0.2) is 5.13 Å². The zero-order valence-corrected chi connectivity index (χ0v) is 15.1. The lowest BCUT2D eigenvalue weighted by Gasteiger charge is -2.18. The Morgan fingerprint density at radius 3 is 2.78 bits per heavy atom. The number of nitrogens with one attached hydrogen (secondary N) is 1. The van der Waals surface area contributed by atoms with Crippen LogP contribution in [-0.2, 0) is 11.3 Å². The van der Waals surface area contributed by atoms with Crippen molar-refractivity contribution in [2.24, 2.45) is 0 Å². The number of hydrogen-bond acceptors (Lipinski definition) is 4. The van der Waals surface area contributed by atoms with Crippen LogP contribution in [0.3, 0.4) is 0 Å². The largest absolute Gasteiger partial charge is 0.444 e. The van der Waals surface area contributed by atoms with E-state index < -0.39 is 11.7 Å². The molecule has 5 nitrogen and oxygen atoms in total. The lowest BCUT2D eigenvalue weighted by atomic mass is 10.2. The maximum Gasteiger partial charge on any atom is 0.413 e. The van der Waals surface area contributed by atoms with Gasteiger partial charge in [0.2, 0.25) is 0 Å². The number of thiazole rings is 1. The average molecular weight is 333 g/mol. The Morgan fingerprint density at radius 1 is 1.48 bits per heavy atom. The zero-order valence-electron chi connectivity index (χ0n) is 14.3. The van der Waals surface area contributed by atoms with Gasteiger partial charge in [-0.1, -0.05) is 6.08 Å². The molecule has 0 saturated heterocycles. The maximum atomic E-state index is 11.8. The summed E-state index contributed by atoms with van der Waals surface area (Å²) in [5.41, 5.74) is 3.69. The monoisotopic (exact) mass is 333 g/mol. The predicted octanol–water partition coefficient (Wildman–Crippen LogP) is 4.76. The fraction of sp³-hybridized carbons (Fsp3) is 0.412. The van der Waals surface area contributed by atoms with Gasteiger partial charge in [-0.2, -0.15) is 0 Å². The first kappa shape index (κ1) is 17.3. The Labute approximate surface area is 141 Å². The highest BCUT2D eigenvalue weighted by Crippen LogP contribution is 2.30. The van der Waals surface area contributed by atoms with Crippen molar-refractivity contribution in [3.05, 3.63) is 35.5 Å². The Hall–Kier alpha value is -2.08. The molecule has 0 atom stereocenters. The van der Waals surface area contributed by atoms with E-state index in [0.717, 1.165) is 29.2 Å². The summed E-state index contributed by atoms with van der Waals surface area (Å²) < 4.78 is 7.42. The second-order valence-corrected chi connectivity index (χ2v) is 7.21. The Balaban J connectivity index is 2.18. The van der Waals surface area contributed by atoms with E-state index in [2.05, 4.69) is 41.4 Å². The molecule has 2 aromatic heterocycles. The number of nitrogens with zero attached hydrogens (tertiary/aromatic N) is 2. The van der Waals surface area contributed by atoms with Gasteiger partial charge in [0.1, 0.15) is 5.60 Å². The minimum Gasteiger partial charge on any atom is -0.444 e. The number of aromatic nitrogens is 2. The summed E-state index contributed by atoms with van der Waals surface area (Å²) >= 11 is 1.38. The number of hydrogen-bond donors (Lipinski definition) is 1. The smallest absolute Gasteiger partial charge is 0.413 e. The molecule has 0 radical (unpaired) electrons. The topological polar surface area (TPSA) is 56.2 Å². The van der Waals surface area contributed by atoms with E-state index >= 15 is 0 Å². The van der Waals surface area contributed by atoms with Crippen molar-refractivity contribution in [3.63, 3.8) is 0 Å². The van der Waals surface area contributed by atoms with Crippen molar-refractivity contribution in [1.82, 2.24) is 9.55 Å². The number of allylic oxidation sites excluding steroid dienone is 1. The lowest BCUT2D eigenvalue weighted by molar-refractivity contribution is 0.0636. The number of ether oxygens (including phenoxy) is 1. The summed E-state index contributed by atoms with van der Waals surface area (Å²) in [6, 6.07) is 2.10. The third-order valence-corrected chi connectivity index (χ3v) is 4.03. The molecular weight excluding hydrogens is 310 g/mol. The van der Waals surface area contributed by atoms with Crippen LogP contribution in [-0.4, -0.2) is 21.2 Å². The highest BCUT2D eigenvalue weighted by Gasteiger charge is 2.18. The van der Waals surface area contributed by atoms with Gasteiger partial charge in [0.05, 0.1) is 5.69 Å². The van der Waals surface area contributed by atoms with Crippen LogP contribution in [0, 0.1) is 13.8 Å². The van der Waals surface area contributed by atoms with Crippen molar-refractivity contribution in [1.29, 1.82) is 0 Å². The average Bonchev–Trinajstić information content (AvgIpc) is 2.96. The number of rotatable bonds is 4. The second kappa shape index (κ2) is 6.58. The number of carbonyl (C=O) groups excluding carboxylic acids is 1. The third kappa shape index (κ3) is 4.22. The molecular formula is C17H23N3O2S. The van der Waals surface area contributed by atoms with Crippen molar-refractivity contribution >= 4 is 22.6 Å². The van der Waals surface area contributed by atoms with Gasteiger partial charge >= 0.3 is 6.09 Å². The van der Waals surface area contributed by atoms with Crippen LogP contribution in [0.15, 0.2) is 24.1 Å². The number of aryl methyl sites for hydroxylation is 1. The number of anilines is 1. The standard InChI is InChI=1S/C17H23N3O2S/c1-7-8-20-11(2)9-13(12(20)3)14-10-23-15(18-14)19-16(21)22-17(4,5)6/h7,9-10H,1,8H2,2-6H3,(H,18,19,21). The van der Waals surface area contributed by atoms with E-state index in [1.807, 2.05) is 32.2 Å². The van der Waals surface area contributed by atoms with Crippen LogP contribution >= 0.6 is 11.3 Å². The van der Waals surface area contributed by atoms with Crippen molar-refractivity contribution in [3.8, 4) is 11.3 Å². The van der Waals surface area contributed by atoms with Crippen LogP contribution in [0.25, 0.3) is 11.3 Å². The van der Waals surface area contributed by atoms with E-state index in [1.165, 1.54) is 11.3 Å². The van der Waals surface area contributed by atoms with Gasteiger partial charge in [0.25, 0.3) is 0 Å². The molecule has 0 fully saturated rings. The van der Waals surface area contributed by atoms with Crippen molar-refractivity contribution in [2.75, 3.05) is 5.32 Å². The minimum absolute atomic E-state index is 0.490. The molecule has 0 unspecified atom stereocenters. The molecule has 1 N–H and O–H groups in total. The SMILES string of the molecule is C=CCn1c(C)cc(-c2csc(NC(=O)OC(C)(C)C)n2)c1C. The first-order chi connectivity index (χ1) is 10.7. The van der Waals surface area contributed by atoms with Crippen LogP contribution < -0.4 is 5.32 Å². The first-order valence-corrected chi connectivity index (χ1v) is 8.33. The lowest BCUT2D eigenvalue weighted by Crippen LogP contribution is -2.27. The number of amides is 1. The van der Waals surface area contributed by atoms with Crippen LogP contribution in [0.4, 0.5) is 9.93 Å². The van der Waals surface area contributed by atoms with Crippen LogP contribution in [0.2, 0.25) is 0 Å². The van der Waals surface area contributed by atoms with Crippen LogP contribution in [0.5, 0.6) is 0 Å². The molecule has 23 heavy (non-hydrogen) atoms. The summed E-state index contributed by atoms with van der Waals surface area (Å²) in [7, 11) is 0. The Morgan fingerprint density at radius 2 is 2.17 bits per heavy atom. The molecule has 0 spiro atoms. The van der Waals surface area contributed by atoms with Gasteiger partial charge < -0.3 is 9.30 Å². The normalized spacial score (nSPS) is 11.3. The Bertz CT molecular complexity index is 723. The van der Waals surface area contributed by atoms with E-state index in [-0.39, 0.29) is 0 Å². The van der Waals surface area contributed by atoms with Gasteiger partial charge in [-0.05, 0) is 40.7 Å². The fourth-order valence-corrected chi connectivity index (χ4v) is 3.01. The third-order valence-electron chi connectivity index (χ3n) is 3.27. The van der Waals surface area contributed by atoms with E-state index in [9.17, 15) is 4.79 Å². The van der Waals surface area contributed by atoms with Crippen molar-refractivity contribution < 1.29 is 9.53 Å². The molecule has 0 aromatic carbocycles. The number of carbonyl (C=O) groups is 1. The molecule has 0 aliphatic carbocycles. The molecule has 0 aliphatic rings. The summed E-state index contributed by atoms with van der Waals surface area (Å²) in [6.07, 6.45) is 1.39.